The molecule has 1 fully saturated rings. The molecule has 0 aliphatic carbocycles. The molecule has 0 radical (unpaired) electrons. The van der Waals surface area contributed by atoms with Gasteiger partial charge >= 0.3 is 0 Å². The van der Waals surface area contributed by atoms with Gasteiger partial charge in [-0.05, 0) is 24.3 Å². The first-order valence-electron chi connectivity index (χ1n) is 8.25. The lowest BCUT2D eigenvalue weighted by atomic mass is 10.1. The second kappa shape index (κ2) is 6.44. The van der Waals surface area contributed by atoms with Gasteiger partial charge in [0, 0.05) is 44.5 Å². The average molecular weight is 317 g/mol. The van der Waals surface area contributed by atoms with Crippen LogP contribution in [0.1, 0.15) is 11.3 Å². The van der Waals surface area contributed by atoms with Crippen molar-refractivity contribution in [3.05, 3.63) is 59.9 Å². The van der Waals surface area contributed by atoms with Crippen molar-refractivity contribution in [3.63, 3.8) is 0 Å². The standard InChI is InChI=1S/C19H19N5/c20-13-15-4-6-16(7-5-15)19-17(14-23-11-8-21-9-12-23)24-10-2-1-3-18(24)22-19/h1-7,10,21H,8-9,11-12,14H2. The Balaban J connectivity index is 1.78. The molecule has 0 atom stereocenters. The Labute approximate surface area is 141 Å². The fourth-order valence-corrected chi connectivity index (χ4v) is 3.21. The van der Waals surface area contributed by atoms with Crippen molar-refractivity contribution in [2.24, 2.45) is 0 Å². The maximum Gasteiger partial charge on any atom is 0.137 e. The molecular weight excluding hydrogens is 298 g/mol. The molecule has 3 heterocycles. The van der Waals surface area contributed by atoms with E-state index in [2.05, 4.69) is 26.9 Å². The zero-order chi connectivity index (χ0) is 16.4. The minimum atomic E-state index is 0.672. The highest BCUT2D eigenvalue weighted by molar-refractivity contribution is 5.67. The van der Waals surface area contributed by atoms with Crippen molar-refractivity contribution in [3.8, 4) is 17.3 Å². The van der Waals surface area contributed by atoms with Gasteiger partial charge in [-0.3, -0.25) is 4.90 Å². The molecule has 0 spiro atoms. The Hall–Kier alpha value is -2.68. The topological polar surface area (TPSA) is 56.4 Å². The van der Waals surface area contributed by atoms with Crippen LogP contribution in [0.4, 0.5) is 0 Å². The number of pyridine rings is 1. The van der Waals surface area contributed by atoms with E-state index in [1.54, 1.807) is 0 Å². The molecule has 5 heteroatoms. The largest absolute Gasteiger partial charge is 0.314 e. The van der Waals surface area contributed by atoms with Gasteiger partial charge in [-0.2, -0.15) is 5.26 Å². The van der Waals surface area contributed by atoms with E-state index < -0.39 is 0 Å². The number of fused-ring (bicyclic) bond motifs is 1. The van der Waals surface area contributed by atoms with E-state index in [1.807, 2.05) is 42.5 Å². The highest BCUT2D eigenvalue weighted by Crippen LogP contribution is 2.26. The van der Waals surface area contributed by atoms with Gasteiger partial charge in [0.1, 0.15) is 5.65 Å². The van der Waals surface area contributed by atoms with Crippen molar-refractivity contribution < 1.29 is 0 Å². The zero-order valence-corrected chi connectivity index (χ0v) is 13.4. The third-order valence-electron chi connectivity index (χ3n) is 4.50. The Bertz CT molecular complexity index is 882. The lowest BCUT2D eigenvalue weighted by molar-refractivity contribution is 0.230. The van der Waals surface area contributed by atoms with Crippen molar-refractivity contribution in [2.75, 3.05) is 26.2 Å². The van der Waals surface area contributed by atoms with Crippen LogP contribution in [0, 0.1) is 11.3 Å². The summed E-state index contributed by atoms with van der Waals surface area (Å²) in [6.07, 6.45) is 2.08. The smallest absolute Gasteiger partial charge is 0.137 e. The third-order valence-corrected chi connectivity index (χ3v) is 4.50. The van der Waals surface area contributed by atoms with E-state index in [-0.39, 0.29) is 0 Å². The molecule has 1 aromatic carbocycles. The first-order chi connectivity index (χ1) is 11.8. The number of hydrogen-bond acceptors (Lipinski definition) is 4. The highest BCUT2D eigenvalue weighted by atomic mass is 15.2. The van der Waals surface area contributed by atoms with Crippen molar-refractivity contribution >= 4 is 5.65 Å². The van der Waals surface area contributed by atoms with Crippen LogP contribution in [0.3, 0.4) is 0 Å². The number of imidazole rings is 1. The molecule has 24 heavy (non-hydrogen) atoms. The molecule has 5 nitrogen and oxygen atoms in total. The summed E-state index contributed by atoms with van der Waals surface area (Å²) in [5, 5.41) is 12.4. The van der Waals surface area contributed by atoms with Crippen LogP contribution in [0.15, 0.2) is 48.7 Å². The van der Waals surface area contributed by atoms with Gasteiger partial charge in [0.05, 0.1) is 23.0 Å². The summed E-state index contributed by atoms with van der Waals surface area (Å²) in [6.45, 7) is 5.04. The molecular formula is C19H19N5. The molecule has 0 amide bonds. The number of hydrogen-bond donors (Lipinski definition) is 1. The van der Waals surface area contributed by atoms with Gasteiger partial charge in [0.2, 0.25) is 0 Å². The number of nitrogens with zero attached hydrogens (tertiary/aromatic N) is 4. The van der Waals surface area contributed by atoms with Crippen LogP contribution in [-0.4, -0.2) is 40.5 Å². The molecule has 1 saturated heterocycles. The lowest BCUT2D eigenvalue weighted by Crippen LogP contribution is -2.43. The average Bonchev–Trinajstić information content (AvgIpc) is 3.01. The summed E-state index contributed by atoms with van der Waals surface area (Å²) in [7, 11) is 0. The third kappa shape index (κ3) is 2.78. The maximum absolute atomic E-state index is 9.00. The summed E-state index contributed by atoms with van der Waals surface area (Å²) < 4.78 is 2.18. The first-order valence-corrected chi connectivity index (χ1v) is 8.25. The lowest BCUT2D eigenvalue weighted by Gasteiger charge is -2.27. The predicted molar refractivity (Wildman–Crippen MR) is 93.5 cm³/mol. The Kier molecular flexibility index (Phi) is 3.99. The van der Waals surface area contributed by atoms with Crippen LogP contribution in [0.5, 0.6) is 0 Å². The van der Waals surface area contributed by atoms with Crippen LogP contribution < -0.4 is 5.32 Å². The molecule has 3 aromatic rings. The van der Waals surface area contributed by atoms with Crippen molar-refractivity contribution in [1.29, 1.82) is 5.26 Å². The Morgan fingerprint density at radius 3 is 2.62 bits per heavy atom. The quantitative estimate of drug-likeness (QED) is 0.805. The minimum absolute atomic E-state index is 0.672. The monoisotopic (exact) mass is 317 g/mol. The normalized spacial score (nSPS) is 15.5. The van der Waals surface area contributed by atoms with Crippen molar-refractivity contribution in [1.82, 2.24) is 19.6 Å². The minimum Gasteiger partial charge on any atom is -0.314 e. The van der Waals surface area contributed by atoms with Crippen molar-refractivity contribution in [2.45, 2.75) is 6.54 Å². The number of piperazine rings is 1. The number of nitriles is 1. The molecule has 0 bridgehead atoms. The SMILES string of the molecule is N#Cc1ccc(-c2nc3ccccn3c2CN2CCNCC2)cc1. The van der Waals surface area contributed by atoms with E-state index in [1.165, 1.54) is 5.69 Å². The van der Waals surface area contributed by atoms with Gasteiger partial charge in [-0.25, -0.2) is 4.98 Å². The summed E-state index contributed by atoms with van der Waals surface area (Å²) in [4.78, 5) is 7.30. The highest BCUT2D eigenvalue weighted by Gasteiger charge is 2.18. The molecule has 0 saturated carbocycles. The zero-order valence-electron chi connectivity index (χ0n) is 13.4. The summed E-state index contributed by atoms with van der Waals surface area (Å²) in [5.41, 5.74) is 4.90. The van der Waals surface area contributed by atoms with Crippen LogP contribution in [-0.2, 0) is 6.54 Å². The molecule has 4 rings (SSSR count). The van der Waals surface area contributed by atoms with Gasteiger partial charge in [-0.1, -0.05) is 18.2 Å². The van der Waals surface area contributed by atoms with Gasteiger partial charge < -0.3 is 9.72 Å². The molecule has 2 aromatic heterocycles. The first kappa shape index (κ1) is 14.9. The fraction of sp³-hybridized carbons (Fsp3) is 0.263. The Morgan fingerprint density at radius 2 is 1.88 bits per heavy atom. The van der Waals surface area contributed by atoms with Gasteiger partial charge in [0.25, 0.3) is 0 Å². The number of rotatable bonds is 3. The molecule has 0 unspecified atom stereocenters. The second-order valence-corrected chi connectivity index (χ2v) is 6.05. The Morgan fingerprint density at radius 1 is 1.08 bits per heavy atom. The van der Waals surface area contributed by atoms with Crippen LogP contribution in [0.25, 0.3) is 16.9 Å². The van der Waals surface area contributed by atoms with E-state index in [9.17, 15) is 0 Å². The van der Waals surface area contributed by atoms with E-state index in [0.717, 1.165) is 49.6 Å². The summed E-state index contributed by atoms with van der Waals surface area (Å²) in [5.74, 6) is 0. The molecule has 1 aliphatic heterocycles. The predicted octanol–water partition coefficient (Wildman–Crippen LogP) is 2.28. The fourth-order valence-electron chi connectivity index (χ4n) is 3.21. The second-order valence-electron chi connectivity index (χ2n) is 6.05. The number of nitrogens with one attached hydrogen (secondary N) is 1. The van der Waals surface area contributed by atoms with E-state index in [0.29, 0.717) is 5.56 Å². The van der Waals surface area contributed by atoms with Crippen LogP contribution >= 0.6 is 0 Å². The summed E-state index contributed by atoms with van der Waals surface area (Å²) >= 11 is 0. The molecule has 1 aliphatic rings. The maximum atomic E-state index is 9.00. The van der Waals surface area contributed by atoms with E-state index in [4.69, 9.17) is 10.2 Å². The number of aromatic nitrogens is 2. The molecule has 120 valence electrons. The molecule has 1 N–H and O–H groups in total. The van der Waals surface area contributed by atoms with Gasteiger partial charge in [-0.15, -0.1) is 0 Å². The van der Waals surface area contributed by atoms with E-state index >= 15 is 0 Å². The number of benzene rings is 1. The van der Waals surface area contributed by atoms with Crippen LogP contribution in [0.2, 0.25) is 0 Å². The summed E-state index contributed by atoms with van der Waals surface area (Å²) in [6, 6.07) is 15.9. The van der Waals surface area contributed by atoms with Gasteiger partial charge in [0.15, 0.2) is 0 Å².